The zero-order valence-electron chi connectivity index (χ0n) is 9.94. The Labute approximate surface area is 105 Å². The van der Waals surface area contributed by atoms with Crippen LogP contribution in [0.3, 0.4) is 0 Å². The summed E-state index contributed by atoms with van der Waals surface area (Å²) in [7, 11) is 0. The van der Waals surface area contributed by atoms with Gasteiger partial charge < -0.3 is 4.90 Å². The van der Waals surface area contributed by atoms with Crippen molar-refractivity contribution in [3.05, 3.63) is 36.5 Å². The van der Waals surface area contributed by atoms with Gasteiger partial charge in [0, 0.05) is 18.5 Å². The van der Waals surface area contributed by atoms with Crippen molar-refractivity contribution in [3.63, 3.8) is 0 Å². The van der Waals surface area contributed by atoms with Gasteiger partial charge in [0.25, 0.3) is 5.91 Å². The summed E-state index contributed by atoms with van der Waals surface area (Å²) >= 11 is 0. The third-order valence-electron chi connectivity index (χ3n) is 3.10. The minimum absolute atomic E-state index is 0.227. The number of nitrogens with one attached hydrogen (secondary N) is 1. The first kappa shape index (κ1) is 12.3. The fourth-order valence-corrected chi connectivity index (χ4v) is 2.21. The Bertz CT molecular complexity index is 490. The predicted octanol–water partition coefficient (Wildman–Crippen LogP) is 0.302. The van der Waals surface area contributed by atoms with E-state index in [0.29, 0.717) is 24.1 Å². The summed E-state index contributed by atoms with van der Waals surface area (Å²) in [6, 6.07) is -0.581. The van der Waals surface area contributed by atoms with E-state index >= 15 is 0 Å². The van der Waals surface area contributed by atoms with E-state index in [-0.39, 0.29) is 18.2 Å². The summed E-state index contributed by atoms with van der Waals surface area (Å²) in [5, 5.41) is 2.25. The summed E-state index contributed by atoms with van der Waals surface area (Å²) in [6.45, 7) is 7.68. The highest BCUT2D eigenvalue weighted by atomic mass is 16.2. The molecular weight excluding hydrogens is 232 g/mol. The zero-order valence-corrected chi connectivity index (χ0v) is 9.94. The van der Waals surface area contributed by atoms with Gasteiger partial charge in [-0.1, -0.05) is 19.2 Å². The van der Waals surface area contributed by atoms with Crippen molar-refractivity contribution < 1.29 is 14.4 Å². The molecule has 0 spiro atoms. The molecule has 0 aliphatic carbocycles. The molecule has 2 aliphatic rings. The van der Waals surface area contributed by atoms with Crippen molar-refractivity contribution in [2.45, 2.75) is 18.9 Å². The fourth-order valence-electron chi connectivity index (χ4n) is 2.21. The molecule has 18 heavy (non-hydrogen) atoms. The van der Waals surface area contributed by atoms with Crippen molar-refractivity contribution >= 4 is 17.7 Å². The highest BCUT2D eigenvalue weighted by molar-refractivity contribution is 6.06. The van der Waals surface area contributed by atoms with Crippen molar-refractivity contribution in [1.82, 2.24) is 10.2 Å². The molecule has 1 atom stereocenters. The second-order valence-electron chi connectivity index (χ2n) is 4.32. The summed E-state index contributed by atoms with van der Waals surface area (Å²) in [6.07, 6.45) is 3.74. The van der Waals surface area contributed by atoms with Gasteiger partial charge in [-0.3, -0.25) is 19.7 Å². The van der Waals surface area contributed by atoms with Crippen LogP contribution >= 0.6 is 0 Å². The molecule has 0 aromatic heterocycles. The number of allylic oxidation sites excluding steroid dienone is 2. The number of rotatable bonds is 2. The van der Waals surface area contributed by atoms with Crippen LogP contribution in [0.25, 0.3) is 0 Å². The van der Waals surface area contributed by atoms with Crippen molar-refractivity contribution in [3.8, 4) is 0 Å². The van der Waals surface area contributed by atoms with Crippen molar-refractivity contribution in [2.24, 2.45) is 0 Å². The van der Waals surface area contributed by atoms with Crippen LogP contribution in [0, 0.1) is 0 Å². The maximum absolute atomic E-state index is 12.1. The lowest BCUT2D eigenvalue weighted by atomic mass is 10.0. The van der Waals surface area contributed by atoms with Crippen LogP contribution in [-0.4, -0.2) is 35.2 Å². The molecule has 5 heteroatoms. The van der Waals surface area contributed by atoms with Crippen LogP contribution in [0.2, 0.25) is 0 Å². The summed E-state index contributed by atoms with van der Waals surface area (Å²) in [4.78, 5) is 36.4. The molecule has 5 nitrogen and oxygen atoms in total. The number of carbonyl (C=O) groups excluding carboxylic acids is 3. The van der Waals surface area contributed by atoms with E-state index in [9.17, 15) is 14.4 Å². The average Bonchev–Trinajstić information content (AvgIpc) is 2.58. The maximum atomic E-state index is 12.1. The molecule has 1 N–H and O–H groups in total. The van der Waals surface area contributed by atoms with E-state index in [2.05, 4.69) is 18.5 Å². The van der Waals surface area contributed by atoms with Crippen LogP contribution in [0.15, 0.2) is 36.5 Å². The monoisotopic (exact) mass is 246 g/mol. The quantitative estimate of drug-likeness (QED) is 0.563. The van der Waals surface area contributed by atoms with Gasteiger partial charge in [-0.05, 0) is 18.1 Å². The Hall–Kier alpha value is -2.17. The molecular formula is C13H14N2O3. The summed E-state index contributed by atoms with van der Waals surface area (Å²) in [5.74, 6) is -0.926. The molecule has 2 heterocycles. The van der Waals surface area contributed by atoms with E-state index in [1.807, 2.05) is 0 Å². The van der Waals surface area contributed by atoms with Crippen LogP contribution in [0.5, 0.6) is 0 Å². The Morgan fingerprint density at radius 1 is 1.33 bits per heavy atom. The molecule has 1 unspecified atom stereocenters. The first-order chi connectivity index (χ1) is 8.54. The first-order valence-electron chi connectivity index (χ1n) is 5.70. The molecule has 2 saturated heterocycles. The van der Waals surface area contributed by atoms with Gasteiger partial charge in [-0.15, -0.1) is 0 Å². The second-order valence-corrected chi connectivity index (χ2v) is 4.32. The van der Waals surface area contributed by atoms with E-state index < -0.39 is 11.9 Å². The van der Waals surface area contributed by atoms with E-state index in [0.717, 1.165) is 0 Å². The first-order valence-corrected chi connectivity index (χ1v) is 5.70. The van der Waals surface area contributed by atoms with Crippen molar-refractivity contribution in [2.75, 3.05) is 6.54 Å². The lowest BCUT2D eigenvalue weighted by Crippen LogP contribution is -2.52. The minimum Gasteiger partial charge on any atom is -0.322 e. The summed E-state index contributed by atoms with van der Waals surface area (Å²) in [5.41, 5.74) is 1.15. The molecule has 94 valence electrons. The Morgan fingerprint density at radius 2 is 2.06 bits per heavy atom. The van der Waals surface area contributed by atoms with Gasteiger partial charge in [-0.2, -0.15) is 0 Å². The highest BCUT2D eigenvalue weighted by Gasteiger charge is 2.39. The molecule has 0 bridgehead atoms. The number of nitrogens with zero attached hydrogens (tertiary/aromatic N) is 1. The molecule has 0 saturated carbocycles. The lowest BCUT2D eigenvalue weighted by molar-refractivity contribution is -0.142. The number of hydrogen-bond acceptors (Lipinski definition) is 3. The Morgan fingerprint density at radius 3 is 2.67 bits per heavy atom. The summed E-state index contributed by atoms with van der Waals surface area (Å²) < 4.78 is 0. The van der Waals surface area contributed by atoms with Gasteiger partial charge in [0.1, 0.15) is 6.04 Å². The second kappa shape index (κ2) is 4.60. The molecule has 2 rings (SSSR count). The van der Waals surface area contributed by atoms with Crippen molar-refractivity contribution in [1.29, 1.82) is 0 Å². The van der Waals surface area contributed by atoms with Crippen LogP contribution in [0.1, 0.15) is 12.8 Å². The van der Waals surface area contributed by atoms with Gasteiger partial charge >= 0.3 is 0 Å². The molecule has 0 aromatic carbocycles. The van der Waals surface area contributed by atoms with Gasteiger partial charge in [-0.25, -0.2) is 0 Å². The third kappa shape index (κ3) is 1.99. The normalized spacial score (nSPS) is 26.8. The Balaban J connectivity index is 2.21. The fraction of sp³-hybridized carbons (Fsp3) is 0.308. The van der Waals surface area contributed by atoms with Crippen LogP contribution in [0.4, 0.5) is 0 Å². The molecule has 2 aliphatic heterocycles. The number of hydrogen-bond donors (Lipinski definition) is 1. The number of likely N-dealkylation sites (tertiary alicyclic amines) is 1. The Kier molecular flexibility index (Phi) is 3.14. The maximum Gasteiger partial charge on any atom is 0.255 e. The lowest BCUT2D eigenvalue weighted by Gasteiger charge is -2.28. The van der Waals surface area contributed by atoms with Gasteiger partial charge in [0.05, 0.1) is 0 Å². The number of amides is 3. The third-order valence-corrected chi connectivity index (χ3v) is 3.10. The molecule has 0 radical (unpaired) electrons. The highest BCUT2D eigenvalue weighted by Crippen LogP contribution is 2.26. The van der Waals surface area contributed by atoms with Crippen LogP contribution in [-0.2, 0) is 14.4 Å². The van der Waals surface area contributed by atoms with E-state index in [4.69, 9.17) is 0 Å². The number of carbonyl (C=O) groups is 3. The van der Waals surface area contributed by atoms with Crippen LogP contribution < -0.4 is 5.32 Å². The molecule has 0 aromatic rings. The number of piperidine rings is 1. The molecule has 2 fully saturated rings. The van der Waals surface area contributed by atoms with E-state index in [1.54, 1.807) is 6.08 Å². The molecule has 3 amide bonds. The zero-order chi connectivity index (χ0) is 13.3. The predicted molar refractivity (Wildman–Crippen MR) is 65.3 cm³/mol. The van der Waals surface area contributed by atoms with Gasteiger partial charge in [0.2, 0.25) is 11.8 Å². The van der Waals surface area contributed by atoms with Gasteiger partial charge in [0.15, 0.2) is 0 Å². The minimum atomic E-state index is -0.581. The smallest absolute Gasteiger partial charge is 0.255 e. The largest absolute Gasteiger partial charge is 0.322 e. The SMILES string of the molecule is C=C/C=C1\C(=C)CN(C2CCC(=O)NC2=O)C1=O. The number of imide groups is 1. The van der Waals surface area contributed by atoms with E-state index in [1.165, 1.54) is 11.0 Å². The standard InChI is InChI=1S/C13H14N2O3/c1-3-4-9-8(2)7-15(13(9)18)10-5-6-11(16)14-12(10)17/h3-4,10H,1-2,5-7H2,(H,14,16,17)/b9-4+. The topological polar surface area (TPSA) is 66.5 Å². The average molecular weight is 246 g/mol.